The lowest BCUT2D eigenvalue weighted by Crippen LogP contribution is -2.39. The third kappa shape index (κ3) is 3.25. The normalized spacial score (nSPS) is 12.5. The lowest BCUT2D eigenvalue weighted by molar-refractivity contribution is -0.122. The lowest BCUT2D eigenvalue weighted by Gasteiger charge is -2.07. The van der Waals surface area contributed by atoms with Crippen LogP contribution in [0.1, 0.15) is 6.92 Å². The maximum absolute atomic E-state index is 11.0. The van der Waals surface area contributed by atoms with Gasteiger partial charge < -0.3 is 11.1 Å². The fraction of sp³-hybridized carbons (Fsp3) is 0.500. The summed E-state index contributed by atoms with van der Waals surface area (Å²) in [6, 6.07) is 1.39. The van der Waals surface area contributed by atoms with E-state index in [1.807, 2.05) is 12.3 Å². The number of carbonyl (C=O) groups excluding carboxylic acids is 1. The Kier molecular flexibility index (Phi) is 3.45. The van der Waals surface area contributed by atoms with Crippen LogP contribution < -0.4 is 11.1 Å². The minimum atomic E-state index is -0.447. The Hall–Kier alpha value is -1.36. The minimum absolute atomic E-state index is 0.132. The molecule has 1 aromatic heterocycles. The second kappa shape index (κ2) is 4.61. The Labute approximate surface area is 76.9 Å². The quantitative estimate of drug-likeness (QED) is 0.649. The number of nitrogens with two attached hydrogens (primary N) is 1. The molecule has 5 heteroatoms. The zero-order valence-corrected chi connectivity index (χ0v) is 7.60. The van der Waals surface area contributed by atoms with E-state index in [1.165, 1.54) is 0 Å². The first-order valence-electron chi connectivity index (χ1n) is 4.21. The zero-order valence-electron chi connectivity index (χ0n) is 7.60. The molecule has 72 valence electrons. The molecule has 0 bridgehead atoms. The van der Waals surface area contributed by atoms with E-state index in [2.05, 4.69) is 10.4 Å². The molecule has 0 saturated carbocycles. The molecule has 13 heavy (non-hydrogen) atoms. The summed E-state index contributed by atoms with van der Waals surface area (Å²) in [4.78, 5) is 11.0. The molecule has 0 aliphatic rings. The van der Waals surface area contributed by atoms with E-state index >= 15 is 0 Å². The first-order chi connectivity index (χ1) is 6.20. The van der Waals surface area contributed by atoms with Crippen molar-refractivity contribution >= 4 is 5.91 Å². The van der Waals surface area contributed by atoms with E-state index < -0.39 is 6.04 Å². The highest BCUT2D eigenvalue weighted by Crippen LogP contribution is 1.83. The molecule has 0 fully saturated rings. The van der Waals surface area contributed by atoms with E-state index in [1.54, 1.807) is 17.8 Å². The first kappa shape index (κ1) is 9.73. The molecular formula is C8H14N4O. The van der Waals surface area contributed by atoms with Crippen LogP contribution in [0.25, 0.3) is 0 Å². The highest BCUT2D eigenvalue weighted by Gasteiger charge is 2.04. The zero-order chi connectivity index (χ0) is 9.68. The van der Waals surface area contributed by atoms with Gasteiger partial charge in [0.25, 0.3) is 0 Å². The summed E-state index contributed by atoms with van der Waals surface area (Å²) in [6.45, 7) is 2.89. The number of aromatic nitrogens is 2. The van der Waals surface area contributed by atoms with Gasteiger partial charge in [-0.15, -0.1) is 0 Å². The van der Waals surface area contributed by atoms with E-state index in [-0.39, 0.29) is 5.91 Å². The average Bonchev–Trinajstić information content (AvgIpc) is 2.56. The molecule has 0 spiro atoms. The fourth-order valence-electron chi connectivity index (χ4n) is 0.887. The van der Waals surface area contributed by atoms with Crippen molar-refractivity contribution in [1.29, 1.82) is 0 Å². The van der Waals surface area contributed by atoms with Crippen molar-refractivity contribution in [2.75, 3.05) is 6.54 Å². The second-order valence-corrected chi connectivity index (χ2v) is 2.85. The second-order valence-electron chi connectivity index (χ2n) is 2.85. The fourth-order valence-corrected chi connectivity index (χ4v) is 0.887. The van der Waals surface area contributed by atoms with Crippen LogP contribution >= 0.6 is 0 Å². The van der Waals surface area contributed by atoms with E-state index in [9.17, 15) is 4.79 Å². The van der Waals surface area contributed by atoms with Crippen LogP contribution in [-0.2, 0) is 11.3 Å². The number of nitrogens with one attached hydrogen (secondary N) is 1. The first-order valence-corrected chi connectivity index (χ1v) is 4.21. The smallest absolute Gasteiger partial charge is 0.236 e. The molecular weight excluding hydrogens is 168 g/mol. The largest absolute Gasteiger partial charge is 0.353 e. The van der Waals surface area contributed by atoms with Crippen LogP contribution in [0.3, 0.4) is 0 Å². The topological polar surface area (TPSA) is 72.9 Å². The van der Waals surface area contributed by atoms with Gasteiger partial charge in [0, 0.05) is 18.9 Å². The van der Waals surface area contributed by atoms with Crippen LogP contribution in [0.5, 0.6) is 0 Å². The summed E-state index contributed by atoms with van der Waals surface area (Å²) < 4.78 is 1.75. The summed E-state index contributed by atoms with van der Waals surface area (Å²) in [5, 5.41) is 6.69. The van der Waals surface area contributed by atoms with Gasteiger partial charge in [-0.3, -0.25) is 9.48 Å². The molecule has 1 heterocycles. The Bertz CT molecular complexity index is 255. The maximum Gasteiger partial charge on any atom is 0.236 e. The van der Waals surface area contributed by atoms with Crippen molar-refractivity contribution in [3.05, 3.63) is 18.5 Å². The lowest BCUT2D eigenvalue weighted by atomic mass is 10.3. The third-order valence-corrected chi connectivity index (χ3v) is 1.61. The van der Waals surface area contributed by atoms with Gasteiger partial charge in [-0.2, -0.15) is 5.10 Å². The van der Waals surface area contributed by atoms with Crippen LogP contribution in [0.2, 0.25) is 0 Å². The number of hydrogen-bond donors (Lipinski definition) is 2. The Morgan fingerprint density at radius 1 is 1.77 bits per heavy atom. The van der Waals surface area contributed by atoms with Crippen molar-refractivity contribution in [3.63, 3.8) is 0 Å². The van der Waals surface area contributed by atoms with Crippen LogP contribution in [-0.4, -0.2) is 28.3 Å². The van der Waals surface area contributed by atoms with Crippen molar-refractivity contribution in [2.45, 2.75) is 19.5 Å². The molecule has 5 nitrogen and oxygen atoms in total. The Morgan fingerprint density at radius 2 is 2.54 bits per heavy atom. The molecule has 1 atom stereocenters. The van der Waals surface area contributed by atoms with Gasteiger partial charge in [0.15, 0.2) is 0 Å². The van der Waals surface area contributed by atoms with Crippen molar-refractivity contribution in [3.8, 4) is 0 Å². The third-order valence-electron chi connectivity index (χ3n) is 1.61. The number of rotatable bonds is 4. The standard InChI is InChI=1S/C8H14N4O/c1-7(9)8(13)10-4-6-12-5-2-3-11-12/h2-3,5,7H,4,6,9H2,1H3,(H,10,13). The number of carbonyl (C=O) groups is 1. The van der Waals surface area contributed by atoms with E-state index in [4.69, 9.17) is 5.73 Å². The summed E-state index contributed by atoms with van der Waals surface area (Å²) in [5.41, 5.74) is 5.36. The summed E-state index contributed by atoms with van der Waals surface area (Å²) in [6.07, 6.45) is 3.55. The molecule has 0 aliphatic heterocycles. The summed E-state index contributed by atoms with van der Waals surface area (Å²) >= 11 is 0. The number of amides is 1. The van der Waals surface area contributed by atoms with Crippen LogP contribution in [0.15, 0.2) is 18.5 Å². The molecule has 0 aromatic carbocycles. The van der Waals surface area contributed by atoms with Gasteiger partial charge in [-0.1, -0.05) is 0 Å². The summed E-state index contributed by atoms with van der Waals surface area (Å²) in [7, 11) is 0. The van der Waals surface area contributed by atoms with Gasteiger partial charge >= 0.3 is 0 Å². The van der Waals surface area contributed by atoms with Crippen LogP contribution in [0, 0.1) is 0 Å². The molecule has 1 unspecified atom stereocenters. The highest BCUT2D eigenvalue weighted by molar-refractivity contribution is 5.80. The van der Waals surface area contributed by atoms with Crippen molar-refractivity contribution in [2.24, 2.45) is 5.73 Å². The Balaban J connectivity index is 2.18. The summed E-state index contributed by atoms with van der Waals surface area (Å²) in [5.74, 6) is -0.132. The number of nitrogens with zero attached hydrogens (tertiary/aromatic N) is 2. The van der Waals surface area contributed by atoms with Crippen LogP contribution in [0.4, 0.5) is 0 Å². The predicted octanol–water partition coefficient (Wildman–Crippen LogP) is -0.653. The highest BCUT2D eigenvalue weighted by atomic mass is 16.2. The monoisotopic (exact) mass is 182 g/mol. The van der Waals surface area contributed by atoms with Gasteiger partial charge in [-0.25, -0.2) is 0 Å². The molecule has 0 radical (unpaired) electrons. The van der Waals surface area contributed by atoms with Gasteiger partial charge in [-0.05, 0) is 13.0 Å². The van der Waals surface area contributed by atoms with Gasteiger partial charge in [0.1, 0.15) is 0 Å². The molecule has 1 rings (SSSR count). The molecule has 0 saturated heterocycles. The van der Waals surface area contributed by atoms with Gasteiger partial charge in [0.05, 0.1) is 12.6 Å². The van der Waals surface area contributed by atoms with E-state index in [0.717, 1.165) is 0 Å². The predicted molar refractivity (Wildman–Crippen MR) is 48.9 cm³/mol. The molecule has 1 amide bonds. The Morgan fingerprint density at radius 3 is 3.08 bits per heavy atom. The molecule has 3 N–H and O–H groups in total. The SMILES string of the molecule is CC(N)C(=O)NCCn1cccn1. The number of hydrogen-bond acceptors (Lipinski definition) is 3. The van der Waals surface area contributed by atoms with E-state index in [0.29, 0.717) is 13.1 Å². The minimum Gasteiger partial charge on any atom is -0.353 e. The maximum atomic E-state index is 11.0. The average molecular weight is 182 g/mol. The van der Waals surface area contributed by atoms with Crippen molar-refractivity contribution < 1.29 is 4.79 Å². The molecule has 1 aromatic rings. The van der Waals surface area contributed by atoms with Gasteiger partial charge in [0.2, 0.25) is 5.91 Å². The van der Waals surface area contributed by atoms with Crippen molar-refractivity contribution in [1.82, 2.24) is 15.1 Å². The molecule has 0 aliphatic carbocycles.